The highest BCUT2D eigenvalue weighted by Crippen LogP contribution is 2.45. The Morgan fingerprint density at radius 1 is 0.459 bits per heavy atom. The molecule has 0 saturated heterocycles. The predicted molar refractivity (Wildman–Crippen MR) is 154 cm³/mol. The molecule has 37 heavy (non-hydrogen) atoms. The zero-order valence-electron chi connectivity index (χ0n) is 20.0. The van der Waals surface area contributed by atoms with Gasteiger partial charge in [0.15, 0.2) is 0 Å². The van der Waals surface area contributed by atoms with E-state index in [4.69, 9.17) is 9.97 Å². The van der Waals surface area contributed by atoms with Crippen LogP contribution in [0.4, 0.5) is 0 Å². The van der Waals surface area contributed by atoms with Crippen LogP contribution in [0.15, 0.2) is 128 Å². The third kappa shape index (κ3) is 2.88. The van der Waals surface area contributed by atoms with E-state index in [9.17, 15) is 0 Å². The summed E-state index contributed by atoms with van der Waals surface area (Å²) in [5.74, 6) is 0. The Balaban J connectivity index is 1.64. The quantitative estimate of drug-likeness (QED) is 0.236. The van der Waals surface area contributed by atoms with Crippen LogP contribution in [0, 0.1) is 0 Å². The number of pyridine rings is 2. The van der Waals surface area contributed by atoms with Gasteiger partial charge in [-0.05, 0) is 50.9 Å². The third-order valence-electron chi connectivity index (χ3n) is 7.38. The summed E-state index contributed by atoms with van der Waals surface area (Å²) in [5.41, 5.74) is 8.47. The summed E-state index contributed by atoms with van der Waals surface area (Å²) in [6, 6.07) is 42.6. The van der Waals surface area contributed by atoms with Crippen LogP contribution in [0.2, 0.25) is 0 Å². The molecule has 0 aliphatic heterocycles. The first kappa shape index (κ1) is 20.2. The van der Waals surface area contributed by atoms with E-state index in [-0.39, 0.29) is 0 Å². The molecule has 0 atom stereocenters. The summed E-state index contributed by atoms with van der Waals surface area (Å²) in [5, 5.41) is 5.89. The number of nitrogens with zero attached hydrogens (tertiary/aromatic N) is 3. The molecule has 0 saturated carbocycles. The van der Waals surface area contributed by atoms with Gasteiger partial charge in [0.2, 0.25) is 0 Å². The Bertz CT molecular complexity index is 2080. The van der Waals surface area contributed by atoms with E-state index < -0.39 is 0 Å². The lowest BCUT2D eigenvalue weighted by Crippen LogP contribution is -1.96. The average Bonchev–Trinajstić information content (AvgIpc) is 3.36. The number of benzene rings is 5. The van der Waals surface area contributed by atoms with Crippen LogP contribution < -0.4 is 0 Å². The molecule has 0 spiro atoms. The SMILES string of the molecule is c1ccc(-c2c3ccccc3c(-c3nc4ccccc4c4nc5ccccn5c34)c3ccccc23)cc1. The maximum Gasteiger partial charge on any atom is 0.137 e. The van der Waals surface area contributed by atoms with Gasteiger partial charge in [-0.2, -0.15) is 0 Å². The standard InChI is InChI=1S/C34H21N3/c1-2-12-22(13-3-1)30-23-14-4-6-16-25(23)31(26-17-7-5-15-24(26)30)33-34-32(27-18-8-9-19-28(27)35-33)36-29-20-10-11-21-37(29)34/h1-21H. The molecule has 3 heteroatoms. The molecule has 0 unspecified atom stereocenters. The van der Waals surface area contributed by atoms with Gasteiger partial charge in [0.05, 0.1) is 11.2 Å². The maximum absolute atomic E-state index is 5.34. The van der Waals surface area contributed by atoms with Crippen molar-refractivity contribution in [2.45, 2.75) is 0 Å². The van der Waals surface area contributed by atoms with Crippen LogP contribution in [0.3, 0.4) is 0 Å². The Morgan fingerprint density at radius 3 is 1.73 bits per heavy atom. The van der Waals surface area contributed by atoms with Crippen LogP contribution in [0.25, 0.3) is 71.5 Å². The summed E-state index contributed by atoms with van der Waals surface area (Å²) in [6.45, 7) is 0. The highest BCUT2D eigenvalue weighted by Gasteiger charge is 2.22. The lowest BCUT2D eigenvalue weighted by molar-refractivity contribution is 1.22. The van der Waals surface area contributed by atoms with E-state index in [2.05, 4.69) is 126 Å². The molecule has 3 nitrogen and oxygen atoms in total. The summed E-state index contributed by atoms with van der Waals surface area (Å²) < 4.78 is 2.18. The molecule has 0 aliphatic carbocycles. The van der Waals surface area contributed by atoms with Crippen LogP contribution in [-0.4, -0.2) is 14.4 Å². The Labute approximate surface area is 213 Å². The normalized spacial score (nSPS) is 11.8. The van der Waals surface area contributed by atoms with Crippen LogP contribution in [-0.2, 0) is 0 Å². The van der Waals surface area contributed by atoms with Gasteiger partial charge in [-0.3, -0.25) is 4.40 Å². The molecule has 5 aromatic carbocycles. The summed E-state index contributed by atoms with van der Waals surface area (Å²) in [4.78, 5) is 10.4. The molecular weight excluding hydrogens is 450 g/mol. The fourth-order valence-electron chi connectivity index (χ4n) is 5.83. The smallest absolute Gasteiger partial charge is 0.137 e. The molecule has 0 amide bonds. The molecule has 3 aromatic heterocycles. The second kappa shape index (κ2) is 7.74. The van der Waals surface area contributed by atoms with Crippen molar-refractivity contribution < 1.29 is 0 Å². The van der Waals surface area contributed by atoms with Crippen molar-refractivity contribution in [2.75, 3.05) is 0 Å². The highest BCUT2D eigenvalue weighted by atomic mass is 15.0. The predicted octanol–water partition coefficient (Wildman–Crippen LogP) is 8.68. The zero-order valence-corrected chi connectivity index (χ0v) is 20.0. The van der Waals surface area contributed by atoms with Gasteiger partial charge in [0.1, 0.15) is 16.7 Å². The second-order valence-corrected chi connectivity index (χ2v) is 9.42. The largest absolute Gasteiger partial charge is 0.298 e. The van der Waals surface area contributed by atoms with Crippen molar-refractivity contribution in [1.29, 1.82) is 0 Å². The van der Waals surface area contributed by atoms with Crippen LogP contribution >= 0.6 is 0 Å². The van der Waals surface area contributed by atoms with Crippen molar-refractivity contribution in [2.24, 2.45) is 0 Å². The van der Waals surface area contributed by atoms with Gasteiger partial charge >= 0.3 is 0 Å². The van der Waals surface area contributed by atoms with E-state index in [0.29, 0.717) is 0 Å². The topological polar surface area (TPSA) is 30.2 Å². The highest BCUT2D eigenvalue weighted by molar-refractivity contribution is 6.24. The Kier molecular flexibility index (Phi) is 4.23. The van der Waals surface area contributed by atoms with Gasteiger partial charge < -0.3 is 0 Å². The number of hydrogen-bond donors (Lipinski definition) is 0. The van der Waals surface area contributed by atoms with Gasteiger partial charge in [0.25, 0.3) is 0 Å². The minimum atomic E-state index is 0.923. The van der Waals surface area contributed by atoms with Crippen LogP contribution in [0.1, 0.15) is 0 Å². The fourth-order valence-corrected chi connectivity index (χ4v) is 5.83. The van der Waals surface area contributed by atoms with E-state index >= 15 is 0 Å². The van der Waals surface area contributed by atoms with E-state index in [0.717, 1.165) is 38.8 Å². The third-order valence-corrected chi connectivity index (χ3v) is 7.38. The first-order valence-corrected chi connectivity index (χ1v) is 12.5. The molecule has 172 valence electrons. The average molecular weight is 472 g/mol. The van der Waals surface area contributed by atoms with Gasteiger partial charge in [0, 0.05) is 17.1 Å². The molecule has 0 fully saturated rings. The Hall–Kier alpha value is -5.02. The lowest BCUT2D eigenvalue weighted by atomic mass is 9.87. The van der Waals surface area contributed by atoms with Gasteiger partial charge in [-0.25, -0.2) is 9.97 Å². The molecule has 8 aromatic rings. The fraction of sp³-hybridized carbons (Fsp3) is 0. The van der Waals surface area contributed by atoms with Crippen molar-refractivity contribution in [3.8, 4) is 22.4 Å². The molecule has 8 rings (SSSR count). The first-order chi connectivity index (χ1) is 18.4. The van der Waals surface area contributed by atoms with Gasteiger partial charge in [-0.15, -0.1) is 0 Å². The molecule has 0 N–H and O–H groups in total. The van der Waals surface area contributed by atoms with E-state index in [1.807, 2.05) is 6.07 Å². The Morgan fingerprint density at radius 2 is 1.03 bits per heavy atom. The number of hydrogen-bond acceptors (Lipinski definition) is 2. The van der Waals surface area contributed by atoms with Gasteiger partial charge in [-0.1, -0.05) is 103 Å². The number of fused-ring (bicyclic) bond motifs is 7. The summed E-state index contributed by atoms with van der Waals surface area (Å²) >= 11 is 0. The lowest BCUT2D eigenvalue weighted by Gasteiger charge is -2.18. The van der Waals surface area contributed by atoms with Crippen LogP contribution in [0.5, 0.6) is 0 Å². The number of rotatable bonds is 2. The van der Waals surface area contributed by atoms with E-state index in [1.165, 1.54) is 32.7 Å². The minimum absolute atomic E-state index is 0.923. The monoisotopic (exact) mass is 471 g/mol. The van der Waals surface area contributed by atoms with E-state index in [1.54, 1.807) is 0 Å². The number of para-hydroxylation sites is 1. The maximum atomic E-state index is 5.34. The molecule has 0 radical (unpaired) electrons. The minimum Gasteiger partial charge on any atom is -0.298 e. The van der Waals surface area contributed by atoms with Crippen molar-refractivity contribution in [3.63, 3.8) is 0 Å². The summed E-state index contributed by atoms with van der Waals surface area (Å²) in [6.07, 6.45) is 2.09. The molecule has 0 aliphatic rings. The molecular formula is C34H21N3. The van der Waals surface area contributed by atoms with Crippen molar-refractivity contribution >= 4 is 49.1 Å². The number of imidazole rings is 1. The summed E-state index contributed by atoms with van der Waals surface area (Å²) in [7, 11) is 0. The van der Waals surface area contributed by atoms with Crippen molar-refractivity contribution in [1.82, 2.24) is 14.4 Å². The van der Waals surface area contributed by atoms with Crippen molar-refractivity contribution in [3.05, 3.63) is 128 Å². The number of aromatic nitrogens is 3. The second-order valence-electron chi connectivity index (χ2n) is 9.42. The molecule has 3 heterocycles. The molecule has 0 bridgehead atoms. The first-order valence-electron chi connectivity index (χ1n) is 12.5. The zero-order chi connectivity index (χ0) is 24.3.